The average molecular weight is 250 g/mol. The van der Waals surface area contributed by atoms with Crippen LogP contribution < -0.4 is 0 Å². The molecule has 0 bridgehead atoms. The van der Waals surface area contributed by atoms with Crippen LogP contribution in [0.3, 0.4) is 0 Å². The number of aliphatic hydroxyl groups is 2. The number of hydrogen-bond acceptors (Lipinski definition) is 4. The molecule has 4 heteroatoms. The Morgan fingerprint density at radius 1 is 0.647 bits per heavy atom. The van der Waals surface area contributed by atoms with E-state index >= 15 is 0 Å². The van der Waals surface area contributed by atoms with Gasteiger partial charge in [-0.15, -0.1) is 0 Å². The first kappa shape index (κ1) is 19.2. The Bertz CT molecular complexity index is 97.6. The number of unbranched alkanes of at least 4 members (excludes halogenated alkanes) is 4. The monoisotopic (exact) mass is 250 g/mol. The third kappa shape index (κ3) is 25.8. The number of aliphatic hydroxyl groups excluding tert-OH is 2. The van der Waals surface area contributed by atoms with Crippen LogP contribution in [0.25, 0.3) is 0 Å². The number of hydrogen-bond donors (Lipinski definition) is 2. The van der Waals surface area contributed by atoms with Crippen molar-refractivity contribution in [1.29, 1.82) is 0 Å². The molecule has 0 atom stereocenters. The summed E-state index contributed by atoms with van der Waals surface area (Å²) in [5.74, 6) is 0. The Balaban J connectivity index is 0. The molecule has 0 radical (unpaired) electrons. The quantitative estimate of drug-likeness (QED) is 0.551. The van der Waals surface area contributed by atoms with Gasteiger partial charge in [-0.05, 0) is 0 Å². The van der Waals surface area contributed by atoms with Crippen molar-refractivity contribution in [2.75, 3.05) is 39.6 Å². The van der Waals surface area contributed by atoms with Crippen LogP contribution in [0.15, 0.2) is 0 Å². The van der Waals surface area contributed by atoms with Crippen LogP contribution >= 0.6 is 0 Å². The van der Waals surface area contributed by atoms with Crippen molar-refractivity contribution in [1.82, 2.24) is 0 Å². The molecule has 0 spiro atoms. The van der Waals surface area contributed by atoms with E-state index in [-0.39, 0.29) is 13.2 Å². The smallest absolute Gasteiger partial charge is 0.0701 e. The molecule has 0 aromatic rings. The predicted octanol–water partition coefficient (Wildman–Crippen LogP) is 1.98. The van der Waals surface area contributed by atoms with E-state index in [1.165, 1.54) is 32.1 Å². The van der Waals surface area contributed by atoms with Crippen LogP contribution in [0.1, 0.15) is 46.0 Å². The molecule has 0 saturated heterocycles. The lowest BCUT2D eigenvalue weighted by molar-refractivity contribution is 0.0222. The van der Waals surface area contributed by atoms with E-state index in [9.17, 15) is 0 Å². The SMILES string of the molecule is CCCCCCC.OCCOCCOCCO. The van der Waals surface area contributed by atoms with Crippen molar-refractivity contribution < 1.29 is 19.7 Å². The van der Waals surface area contributed by atoms with Crippen molar-refractivity contribution in [2.24, 2.45) is 0 Å². The lowest BCUT2D eigenvalue weighted by Crippen LogP contribution is -2.09. The van der Waals surface area contributed by atoms with Crippen LogP contribution in [0, 0.1) is 0 Å². The molecular weight excluding hydrogens is 220 g/mol. The summed E-state index contributed by atoms with van der Waals surface area (Å²) in [6, 6.07) is 0. The van der Waals surface area contributed by atoms with E-state index in [1.54, 1.807) is 0 Å². The normalized spacial score (nSPS) is 9.88. The lowest BCUT2D eigenvalue weighted by Gasteiger charge is -2.01. The van der Waals surface area contributed by atoms with Gasteiger partial charge in [0.1, 0.15) is 0 Å². The third-order valence-corrected chi connectivity index (χ3v) is 2.05. The highest BCUT2D eigenvalue weighted by atomic mass is 16.5. The van der Waals surface area contributed by atoms with Gasteiger partial charge in [0.05, 0.1) is 39.6 Å². The van der Waals surface area contributed by atoms with Crippen LogP contribution in [0.5, 0.6) is 0 Å². The fourth-order valence-electron chi connectivity index (χ4n) is 1.13. The van der Waals surface area contributed by atoms with Gasteiger partial charge in [-0.2, -0.15) is 0 Å². The van der Waals surface area contributed by atoms with Crippen molar-refractivity contribution >= 4 is 0 Å². The predicted molar refractivity (Wildman–Crippen MR) is 70.2 cm³/mol. The topological polar surface area (TPSA) is 58.9 Å². The van der Waals surface area contributed by atoms with E-state index < -0.39 is 0 Å². The molecule has 0 aliphatic heterocycles. The summed E-state index contributed by atoms with van der Waals surface area (Å²) in [4.78, 5) is 0. The summed E-state index contributed by atoms with van der Waals surface area (Å²) in [6.45, 7) is 6.22. The molecule has 4 nitrogen and oxygen atoms in total. The second-order valence-corrected chi connectivity index (χ2v) is 3.73. The van der Waals surface area contributed by atoms with Crippen LogP contribution in [0.2, 0.25) is 0 Å². The summed E-state index contributed by atoms with van der Waals surface area (Å²) >= 11 is 0. The highest BCUT2D eigenvalue weighted by Crippen LogP contribution is 2.00. The lowest BCUT2D eigenvalue weighted by atomic mass is 10.2. The van der Waals surface area contributed by atoms with Crippen molar-refractivity contribution in [3.05, 3.63) is 0 Å². The maximum atomic E-state index is 8.26. The maximum Gasteiger partial charge on any atom is 0.0701 e. The first-order chi connectivity index (χ1) is 8.33. The first-order valence-corrected chi connectivity index (χ1v) is 6.70. The molecule has 2 N–H and O–H groups in total. The molecule has 0 aromatic carbocycles. The van der Waals surface area contributed by atoms with E-state index in [0.29, 0.717) is 26.4 Å². The van der Waals surface area contributed by atoms with Gasteiger partial charge in [0.25, 0.3) is 0 Å². The summed E-state index contributed by atoms with van der Waals surface area (Å²) in [6.07, 6.45) is 7.01. The molecule has 0 aliphatic carbocycles. The van der Waals surface area contributed by atoms with Gasteiger partial charge in [-0.3, -0.25) is 0 Å². The molecule has 0 saturated carbocycles. The van der Waals surface area contributed by atoms with Gasteiger partial charge >= 0.3 is 0 Å². The largest absolute Gasteiger partial charge is 0.394 e. The number of rotatable bonds is 11. The molecule has 0 fully saturated rings. The maximum absolute atomic E-state index is 8.26. The Hall–Kier alpha value is -0.160. The van der Waals surface area contributed by atoms with Crippen molar-refractivity contribution in [2.45, 2.75) is 46.0 Å². The Kier molecular flexibility index (Phi) is 23.9. The van der Waals surface area contributed by atoms with Crippen LogP contribution in [-0.4, -0.2) is 49.9 Å². The van der Waals surface area contributed by atoms with Gasteiger partial charge in [0.15, 0.2) is 0 Å². The summed E-state index contributed by atoms with van der Waals surface area (Å²) in [5.41, 5.74) is 0. The summed E-state index contributed by atoms with van der Waals surface area (Å²) in [7, 11) is 0. The number of ether oxygens (including phenoxy) is 2. The first-order valence-electron chi connectivity index (χ1n) is 6.70. The summed E-state index contributed by atoms with van der Waals surface area (Å²) in [5, 5.41) is 16.5. The minimum absolute atomic E-state index is 0.0417. The second-order valence-electron chi connectivity index (χ2n) is 3.73. The van der Waals surface area contributed by atoms with Gasteiger partial charge in [0, 0.05) is 0 Å². The molecule has 106 valence electrons. The zero-order valence-corrected chi connectivity index (χ0v) is 11.5. The van der Waals surface area contributed by atoms with E-state index in [1.807, 2.05) is 0 Å². The van der Waals surface area contributed by atoms with Gasteiger partial charge in [-0.25, -0.2) is 0 Å². The summed E-state index contributed by atoms with van der Waals surface area (Å²) < 4.78 is 9.75. The molecule has 17 heavy (non-hydrogen) atoms. The molecule has 0 aromatic heterocycles. The minimum atomic E-state index is 0.0417. The second kappa shape index (κ2) is 21.2. The Morgan fingerprint density at radius 2 is 1.06 bits per heavy atom. The highest BCUT2D eigenvalue weighted by molar-refractivity contribution is 4.36. The Labute approximate surface area is 106 Å². The van der Waals surface area contributed by atoms with Crippen molar-refractivity contribution in [3.8, 4) is 0 Å². The molecule has 0 rings (SSSR count). The molecule has 0 heterocycles. The highest BCUT2D eigenvalue weighted by Gasteiger charge is 1.86. The van der Waals surface area contributed by atoms with E-state index in [4.69, 9.17) is 19.7 Å². The standard InChI is InChI=1S/C7H16.C6H14O4/c1-3-5-7-6-4-2;7-1-3-9-5-6-10-4-2-8/h3-7H2,1-2H3;7-8H,1-6H2. The van der Waals surface area contributed by atoms with Gasteiger partial charge in [0.2, 0.25) is 0 Å². The molecule has 0 aliphatic rings. The zero-order chi connectivity index (χ0) is 13.2. The van der Waals surface area contributed by atoms with Crippen LogP contribution in [-0.2, 0) is 9.47 Å². The average Bonchev–Trinajstić information content (AvgIpc) is 2.35. The fourth-order valence-corrected chi connectivity index (χ4v) is 1.13. The van der Waals surface area contributed by atoms with Crippen molar-refractivity contribution in [3.63, 3.8) is 0 Å². The molecule has 0 unspecified atom stereocenters. The zero-order valence-electron chi connectivity index (χ0n) is 11.5. The van der Waals surface area contributed by atoms with Gasteiger partial charge in [-0.1, -0.05) is 46.0 Å². The van der Waals surface area contributed by atoms with Crippen LogP contribution in [0.4, 0.5) is 0 Å². The van der Waals surface area contributed by atoms with Gasteiger partial charge < -0.3 is 19.7 Å². The Morgan fingerprint density at radius 3 is 1.35 bits per heavy atom. The third-order valence-electron chi connectivity index (χ3n) is 2.05. The van der Waals surface area contributed by atoms with E-state index in [2.05, 4.69) is 13.8 Å². The molecular formula is C13H30O4. The van der Waals surface area contributed by atoms with E-state index in [0.717, 1.165) is 0 Å². The molecule has 0 amide bonds. The fraction of sp³-hybridized carbons (Fsp3) is 1.00. The minimum Gasteiger partial charge on any atom is -0.394 e.